The summed E-state index contributed by atoms with van der Waals surface area (Å²) >= 11 is 0.985. The van der Waals surface area contributed by atoms with Gasteiger partial charge in [0.1, 0.15) is 0 Å². The number of alkyl halides is 6. The molecule has 0 saturated carbocycles. The van der Waals surface area contributed by atoms with Gasteiger partial charge in [-0.3, -0.25) is 0 Å². The van der Waals surface area contributed by atoms with Gasteiger partial charge in [0, 0.05) is 29.7 Å². The van der Waals surface area contributed by atoms with E-state index in [1.165, 1.54) is 16.4 Å². The van der Waals surface area contributed by atoms with Crippen LogP contribution >= 0.6 is 11.3 Å². The van der Waals surface area contributed by atoms with Crippen molar-refractivity contribution in [2.24, 2.45) is 0 Å². The molecule has 1 N–H and O–H groups in total. The molecule has 0 spiro atoms. The maximum absolute atomic E-state index is 13.1. The van der Waals surface area contributed by atoms with E-state index in [-0.39, 0.29) is 16.1 Å². The predicted molar refractivity (Wildman–Crippen MR) is 115 cm³/mol. The summed E-state index contributed by atoms with van der Waals surface area (Å²) in [5.74, 6) is 0. The summed E-state index contributed by atoms with van der Waals surface area (Å²) in [7, 11) is -3.59. The molecule has 0 amide bonds. The highest BCUT2D eigenvalue weighted by molar-refractivity contribution is 7.89. The molecule has 0 unspecified atom stereocenters. The Morgan fingerprint density at radius 2 is 1.44 bits per heavy atom. The van der Waals surface area contributed by atoms with Gasteiger partial charge in [0.25, 0.3) is 0 Å². The minimum Gasteiger partial charge on any atom is -0.332 e. The number of nitrogens with zero attached hydrogens (tertiary/aromatic N) is 2. The number of anilines is 2. The molecule has 5 nitrogen and oxygen atoms in total. The Balaban J connectivity index is 1.56. The number of nitrogens with one attached hydrogen (secondary N) is 1. The van der Waals surface area contributed by atoms with Crippen LogP contribution in [0.3, 0.4) is 0 Å². The summed E-state index contributed by atoms with van der Waals surface area (Å²) in [6.45, 7) is 0.938. The highest BCUT2D eigenvalue weighted by Crippen LogP contribution is 2.38. The summed E-state index contributed by atoms with van der Waals surface area (Å²) in [6.07, 6.45) is -8.30. The first-order valence-electron chi connectivity index (χ1n) is 9.97. The van der Waals surface area contributed by atoms with Gasteiger partial charge in [-0.25, -0.2) is 13.4 Å². The van der Waals surface area contributed by atoms with Crippen LogP contribution in [0, 0.1) is 0 Å². The molecule has 0 bridgehead atoms. The maximum atomic E-state index is 13.1. The van der Waals surface area contributed by atoms with Crippen molar-refractivity contribution in [3.63, 3.8) is 0 Å². The number of sulfonamides is 1. The SMILES string of the molecule is O=S(=O)(c1ccc(-c2csc(Nc3cc(C(F)(F)F)cc(C(F)(F)F)c3)n2)cc1)N1CCCC1. The lowest BCUT2D eigenvalue weighted by atomic mass is 10.1. The van der Waals surface area contributed by atoms with Crippen molar-refractivity contribution >= 4 is 32.2 Å². The molecule has 4 rings (SSSR count). The average molecular weight is 522 g/mol. The fourth-order valence-corrected chi connectivity index (χ4v) is 5.75. The van der Waals surface area contributed by atoms with E-state index < -0.39 is 39.2 Å². The van der Waals surface area contributed by atoms with Gasteiger partial charge in [-0.15, -0.1) is 11.3 Å². The number of rotatable bonds is 5. The lowest BCUT2D eigenvalue weighted by Gasteiger charge is -2.15. The van der Waals surface area contributed by atoms with Gasteiger partial charge < -0.3 is 5.32 Å². The monoisotopic (exact) mass is 521 g/mol. The Labute approximate surface area is 195 Å². The number of thiazole rings is 1. The largest absolute Gasteiger partial charge is 0.416 e. The first kappa shape index (κ1) is 24.5. The first-order chi connectivity index (χ1) is 15.8. The summed E-state index contributed by atoms with van der Waals surface area (Å²) in [5.41, 5.74) is -2.34. The maximum Gasteiger partial charge on any atom is 0.416 e. The van der Waals surface area contributed by atoms with Crippen LogP contribution in [0.1, 0.15) is 24.0 Å². The summed E-state index contributed by atoms with van der Waals surface area (Å²) < 4.78 is 105. The van der Waals surface area contributed by atoms with Gasteiger partial charge in [-0.1, -0.05) is 12.1 Å². The summed E-state index contributed by atoms with van der Waals surface area (Å²) in [5, 5.41) is 4.14. The van der Waals surface area contributed by atoms with E-state index in [1.807, 2.05) is 0 Å². The minimum atomic E-state index is -4.96. The van der Waals surface area contributed by atoms with Crippen LogP contribution in [-0.2, 0) is 22.4 Å². The number of benzene rings is 2. The van der Waals surface area contributed by atoms with E-state index in [0.29, 0.717) is 36.5 Å². The van der Waals surface area contributed by atoms with Crippen LogP contribution in [0.15, 0.2) is 52.7 Å². The average Bonchev–Trinajstić information content (AvgIpc) is 3.45. The molecule has 0 aliphatic carbocycles. The molecule has 1 saturated heterocycles. The highest BCUT2D eigenvalue weighted by atomic mass is 32.2. The van der Waals surface area contributed by atoms with E-state index in [4.69, 9.17) is 0 Å². The van der Waals surface area contributed by atoms with Crippen molar-refractivity contribution in [3.05, 3.63) is 59.0 Å². The van der Waals surface area contributed by atoms with Gasteiger partial charge in [0.15, 0.2) is 5.13 Å². The standard InChI is InChI=1S/C21H17F6N3O2S2/c22-20(23,24)14-9-15(21(25,26)27)11-16(10-14)28-19-29-18(12-33-19)13-3-5-17(6-4-13)34(31,32)30-7-1-2-8-30/h3-6,9-12H,1-2,7-8H2,(H,28,29). The third kappa shape index (κ3) is 5.20. The van der Waals surface area contributed by atoms with Crippen LogP contribution in [0.5, 0.6) is 0 Å². The fourth-order valence-electron chi connectivity index (χ4n) is 3.49. The van der Waals surface area contributed by atoms with Gasteiger partial charge >= 0.3 is 12.4 Å². The lowest BCUT2D eigenvalue weighted by Crippen LogP contribution is -2.27. The second-order valence-corrected chi connectivity index (χ2v) is 10.4. The Hall–Kier alpha value is -2.64. The van der Waals surface area contributed by atoms with E-state index in [2.05, 4.69) is 10.3 Å². The molecular weight excluding hydrogens is 504 g/mol. The summed E-state index contributed by atoms with van der Waals surface area (Å²) in [4.78, 5) is 4.35. The highest BCUT2D eigenvalue weighted by Gasteiger charge is 2.37. The minimum absolute atomic E-state index is 0.0518. The molecule has 13 heteroatoms. The lowest BCUT2D eigenvalue weighted by molar-refractivity contribution is -0.143. The third-order valence-corrected chi connectivity index (χ3v) is 7.87. The van der Waals surface area contributed by atoms with Crippen molar-refractivity contribution < 1.29 is 34.8 Å². The number of hydrogen-bond donors (Lipinski definition) is 1. The van der Waals surface area contributed by atoms with Crippen molar-refractivity contribution in [1.82, 2.24) is 9.29 Å². The Morgan fingerprint density at radius 3 is 1.97 bits per heavy atom. The van der Waals surface area contributed by atoms with Crippen LogP contribution < -0.4 is 5.32 Å². The van der Waals surface area contributed by atoms with Gasteiger partial charge in [0.05, 0.1) is 21.7 Å². The van der Waals surface area contributed by atoms with Crippen LogP contribution in [-0.4, -0.2) is 30.8 Å². The molecule has 0 radical (unpaired) electrons. The van der Waals surface area contributed by atoms with Crippen LogP contribution in [0.4, 0.5) is 37.2 Å². The van der Waals surface area contributed by atoms with Crippen LogP contribution in [0.25, 0.3) is 11.3 Å². The van der Waals surface area contributed by atoms with E-state index >= 15 is 0 Å². The zero-order valence-corrected chi connectivity index (χ0v) is 18.9. The van der Waals surface area contributed by atoms with Gasteiger partial charge in [-0.05, 0) is 43.2 Å². The Kier molecular flexibility index (Phi) is 6.38. The zero-order chi connectivity index (χ0) is 24.7. The second-order valence-electron chi connectivity index (χ2n) is 7.59. The fraction of sp³-hybridized carbons (Fsp3) is 0.286. The molecule has 1 fully saturated rings. The van der Waals surface area contributed by atoms with E-state index in [0.717, 1.165) is 24.2 Å². The van der Waals surface area contributed by atoms with Crippen molar-refractivity contribution in [1.29, 1.82) is 0 Å². The Morgan fingerprint density at radius 1 is 0.882 bits per heavy atom. The molecule has 1 aliphatic heterocycles. The van der Waals surface area contributed by atoms with Gasteiger partial charge in [-0.2, -0.15) is 30.6 Å². The van der Waals surface area contributed by atoms with E-state index in [1.54, 1.807) is 17.5 Å². The van der Waals surface area contributed by atoms with E-state index in [9.17, 15) is 34.8 Å². The topological polar surface area (TPSA) is 62.3 Å². The number of halogens is 6. The summed E-state index contributed by atoms with van der Waals surface area (Å²) in [6, 6.07) is 7.19. The normalized spacial score (nSPS) is 15.6. The molecule has 0 atom stereocenters. The first-order valence-corrected chi connectivity index (χ1v) is 12.3. The van der Waals surface area contributed by atoms with Crippen LogP contribution in [0.2, 0.25) is 0 Å². The van der Waals surface area contributed by atoms with Crippen molar-refractivity contribution in [2.75, 3.05) is 18.4 Å². The van der Waals surface area contributed by atoms with Crippen molar-refractivity contribution in [3.8, 4) is 11.3 Å². The molecule has 2 aromatic carbocycles. The molecule has 2 heterocycles. The molecule has 182 valence electrons. The van der Waals surface area contributed by atoms with Crippen molar-refractivity contribution in [2.45, 2.75) is 30.1 Å². The number of hydrogen-bond acceptors (Lipinski definition) is 5. The molecule has 34 heavy (non-hydrogen) atoms. The molecule has 3 aromatic rings. The molecule has 1 aromatic heterocycles. The third-order valence-electron chi connectivity index (χ3n) is 5.20. The number of aromatic nitrogens is 1. The molecular formula is C21H17F6N3O2S2. The molecule has 1 aliphatic rings. The Bertz CT molecular complexity index is 1250. The quantitative estimate of drug-likeness (QED) is 0.396. The van der Waals surface area contributed by atoms with Gasteiger partial charge in [0.2, 0.25) is 10.0 Å². The zero-order valence-electron chi connectivity index (χ0n) is 17.2. The smallest absolute Gasteiger partial charge is 0.332 e. The predicted octanol–water partition coefficient (Wildman–Crippen LogP) is 6.38. The second kappa shape index (κ2) is 8.86.